The van der Waals surface area contributed by atoms with Crippen molar-refractivity contribution < 1.29 is 5.11 Å². The van der Waals surface area contributed by atoms with E-state index in [4.69, 9.17) is 17.3 Å². The van der Waals surface area contributed by atoms with E-state index >= 15 is 0 Å². The van der Waals surface area contributed by atoms with Crippen molar-refractivity contribution in [3.63, 3.8) is 0 Å². The molecular formula is C13H20ClNO. The maximum absolute atomic E-state index is 9.56. The van der Waals surface area contributed by atoms with Crippen LogP contribution in [0.2, 0.25) is 5.02 Å². The molecule has 16 heavy (non-hydrogen) atoms. The van der Waals surface area contributed by atoms with Crippen molar-refractivity contribution in [1.82, 2.24) is 0 Å². The molecule has 0 radical (unpaired) electrons. The minimum atomic E-state index is -0.228. The van der Waals surface area contributed by atoms with Gasteiger partial charge < -0.3 is 10.8 Å². The summed E-state index contributed by atoms with van der Waals surface area (Å²) in [6, 6.07) is 7.72. The molecule has 3 N–H and O–H groups in total. The monoisotopic (exact) mass is 241 g/mol. The van der Waals surface area contributed by atoms with E-state index in [0.717, 1.165) is 17.0 Å². The molecule has 0 spiro atoms. The molecule has 1 aromatic carbocycles. The lowest BCUT2D eigenvalue weighted by Gasteiger charge is -2.34. The highest BCUT2D eigenvalue weighted by Gasteiger charge is 2.31. The maximum Gasteiger partial charge on any atom is 0.0505 e. The number of hydrogen-bond donors (Lipinski definition) is 2. The van der Waals surface area contributed by atoms with Gasteiger partial charge in [-0.15, -0.1) is 0 Å². The molecule has 1 unspecified atom stereocenters. The van der Waals surface area contributed by atoms with Crippen molar-refractivity contribution in [2.45, 2.75) is 20.3 Å². The van der Waals surface area contributed by atoms with Gasteiger partial charge in [-0.1, -0.05) is 37.6 Å². The van der Waals surface area contributed by atoms with Crippen LogP contribution in [0.4, 0.5) is 0 Å². The second kappa shape index (κ2) is 5.67. The Morgan fingerprint density at radius 1 is 1.31 bits per heavy atom. The summed E-state index contributed by atoms with van der Waals surface area (Å²) in [5.41, 5.74) is 6.75. The topological polar surface area (TPSA) is 46.2 Å². The minimum absolute atomic E-state index is 0.115. The molecule has 0 saturated heterocycles. The molecule has 0 aromatic heterocycles. The summed E-state index contributed by atoms with van der Waals surface area (Å²) in [4.78, 5) is 0. The predicted molar refractivity (Wildman–Crippen MR) is 68.6 cm³/mol. The van der Waals surface area contributed by atoms with Gasteiger partial charge in [0.15, 0.2) is 0 Å². The third-order valence-electron chi connectivity index (χ3n) is 3.42. The van der Waals surface area contributed by atoms with Crippen LogP contribution < -0.4 is 5.73 Å². The van der Waals surface area contributed by atoms with E-state index < -0.39 is 0 Å². The zero-order valence-electron chi connectivity index (χ0n) is 9.91. The van der Waals surface area contributed by atoms with Crippen molar-refractivity contribution in [1.29, 1.82) is 0 Å². The lowest BCUT2D eigenvalue weighted by molar-refractivity contribution is 0.0843. The van der Waals surface area contributed by atoms with Gasteiger partial charge in [0.2, 0.25) is 0 Å². The van der Waals surface area contributed by atoms with Crippen LogP contribution in [0.25, 0.3) is 0 Å². The normalized spacial score (nSPS) is 15.1. The third kappa shape index (κ3) is 2.97. The largest absolute Gasteiger partial charge is 0.396 e. The van der Waals surface area contributed by atoms with E-state index in [1.807, 2.05) is 24.3 Å². The van der Waals surface area contributed by atoms with Crippen LogP contribution in [0.5, 0.6) is 0 Å². The SMILES string of the molecule is CC(C)C(CN)(CO)Cc1ccc(Cl)cc1. The second-order valence-electron chi connectivity index (χ2n) is 4.68. The molecule has 1 aromatic rings. The van der Waals surface area contributed by atoms with Crippen LogP contribution in [0.1, 0.15) is 19.4 Å². The third-order valence-corrected chi connectivity index (χ3v) is 3.67. The average molecular weight is 242 g/mol. The molecule has 3 heteroatoms. The molecule has 1 atom stereocenters. The Balaban J connectivity index is 2.87. The van der Waals surface area contributed by atoms with E-state index in [2.05, 4.69) is 13.8 Å². The van der Waals surface area contributed by atoms with Crippen LogP contribution in [0.3, 0.4) is 0 Å². The number of aliphatic hydroxyl groups excluding tert-OH is 1. The van der Waals surface area contributed by atoms with Crippen molar-refractivity contribution in [3.8, 4) is 0 Å². The van der Waals surface area contributed by atoms with Crippen LogP contribution in [-0.2, 0) is 6.42 Å². The molecule has 1 rings (SSSR count). The van der Waals surface area contributed by atoms with Gasteiger partial charge >= 0.3 is 0 Å². The predicted octanol–water partition coefficient (Wildman–Crippen LogP) is 2.48. The van der Waals surface area contributed by atoms with Crippen LogP contribution in [0.15, 0.2) is 24.3 Å². The van der Waals surface area contributed by atoms with Gasteiger partial charge in [0, 0.05) is 17.0 Å². The first-order chi connectivity index (χ1) is 7.54. The molecule has 90 valence electrons. The minimum Gasteiger partial charge on any atom is -0.396 e. The second-order valence-corrected chi connectivity index (χ2v) is 5.12. The summed E-state index contributed by atoms with van der Waals surface area (Å²) in [7, 11) is 0. The smallest absolute Gasteiger partial charge is 0.0505 e. The number of halogens is 1. The Labute approximate surface area is 102 Å². The maximum atomic E-state index is 9.56. The van der Waals surface area contributed by atoms with Crippen LogP contribution in [-0.4, -0.2) is 18.3 Å². The fraction of sp³-hybridized carbons (Fsp3) is 0.538. The Kier molecular flexibility index (Phi) is 4.78. The lowest BCUT2D eigenvalue weighted by atomic mass is 9.73. The summed E-state index contributed by atoms with van der Waals surface area (Å²) in [5, 5.41) is 10.3. The molecule has 2 nitrogen and oxygen atoms in total. The molecule has 0 saturated carbocycles. The molecular weight excluding hydrogens is 222 g/mol. The fourth-order valence-electron chi connectivity index (χ4n) is 1.82. The van der Waals surface area contributed by atoms with E-state index in [0.29, 0.717) is 12.5 Å². The zero-order chi connectivity index (χ0) is 12.2. The number of aliphatic hydroxyl groups is 1. The molecule has 0 amide bonds. The Morgan fingerprint density at radius 3 is 2.25 bits per heavy atom. The number of hydrogen-bond acceptors (Lipinski definition) is 2. The van der Waals surface area contributed by atoms with Gasteiger partial charge in [-0.2, -0.15) is 0 Å². The van der Waals surface area contributed by atoms with E-state index in [1.165, 1.54) is 0 Å². The van der Waals surface area contributed by atoms with Gasteiger partial charge in [0.1, 0.15) is 0 Å². The van der Waals surface area contributed by atoms with E-state index in [1.54, 1.807) is 0 Å². The fourth-order valence-corrected chi connectivity index (χ4v) is 1.95. The van der Waals surface area contributed by atoms with Gasteiger partial charge in [-0.3, -0.25) is 0 Å². The number of rotatable bonds is 5. The van der Waals surface area contributed by atoms with Crippen molar-refractivity contribution >= 4 is 11.6 Å². The summed E-state index contributed by atoms with van der Waals surface area (Å²) in [6.07, 6.45) is 0.787. The Morgan fingerprint density at radius 2 is 1.88 bits per heavy atom. The van der Waals surface area contributed by atoms with E-state index in [9.17, 15) is 5.11 Å². The number of benzene rings is 1. The Bertz CT molecular complexity index is 317. The molecule has 0 fully saturated rings. The summed E-state index contributed by atoms with van der Waals surface area (Å²) >= 11 is 5.84. The zero-order valence-corrected chi connectivity index (χ0v) is 10.7. The summed E-state index contributed by atoms with van der Waals surface area (Å²) < 4.78 is 0. The highest BCUT2D eigenvalue weighted by molar-refractivity contribution is 6.30. The summed E-state index contributed by atoms with van der Waals surface area (Å²) in [6.45, 7) is 4.80. The standard InChI is InChI=1S/C13H20ClNO/c1-10(2)13(8-15,9-16)7-11-3-5-12(14)6-4-11/h3-6,10,16H,7-9,15H2,1-2H3. The summed E-state index contributed by atoms with van der Waals surface area (Å²) in [5.74, 6) is 0.346. The van der Waals surface area contributed by atoms with Gasteiger partial charge in [-0.05, 0) is 30.0 Å². The highest BCUT2D eigenvalue weighted by Crippen LogP contribution is 2.30. The molecule has 0 bridgehead atoms. The van der Waals surface area contributed by atoms with Crippen molar-refractivity contribution in [2.24, 2.45) is 17.1 Å². The van der Waals surface area contributed by atoms with Crippen molar-refractivity contribution in [2.75, 3.05) is 13.2 Å². The van der Waals surface area contributed by atoms with Crippen LogP contribution >= 0.6 is 11.6 Å². The number of nitrogens with two attached hydrogens (primary N) is 1. The van der Waals surface area contributed by atoms with Gasteiger partial charge in [0.25, 0.3) is 0 Å². The van der Waals surface area contributed by atoms with Gasteiger partial charge in [0.05, 0.1) is 6.61 Å². The first-order valence-corrected chi connectivity index (χ1v) is 5.97. The quantitative estimate of drug-likeness (QED) is 0.832. The van der Waals surface area contributed by atoms with Crippen molar-refractivity contribution in [3.05, 3.63) is 34.9 Å². The van der Waals surface area contributed by atoms with E-state index in [-0.39, 0.29) is 12.0 Å². The average Bonchev–Trinajstić information content (AvgIpc) is 2.28. The van der Waals surface area contributed by atoms with Gasteiger partial charge in [-0.25, -0.2) is 0 Å². The van der Waals surface area contributed by atoms with Crippen LogP contribution in [0, 0.1) is 11.3 Å². The molecule has 0 aliphatic carbocycles. The molecule has 0 heterocycles. The Hall–Kier alpha value is -0.570. The first-order valence-electron chi connectivity index (χ1n) is 5.59. The molecule has 0 aliphatic rings. The molecule has 0 aliphatic heterocycles. The highest BCUT2D eigenvalue weighted by atomic mass is 35.5. The first kappa shape index (κ1) is 13.5. The lowest BCUT2D eigenvalue weighted by Crippen LogP contribution is -2.41.